The minimum atomic E-state index is -0.0977. The van der Waals surface area contributed by atoms with Crippen molar-refractivity contribution >= 4 is 17.5 Å². The third-order valence-corrected chi connectivity index (χ3v) is 3.70. The van der Waals surface area contributed by atoms with Gasteiger partial charge in [-0.1, -0.05) is 30.3 Å². The molecule has 0 saturated carbocycles. The highest BCUT2D eigenvalue weighted by Gasteiger charge is 2.05. The Bertz CT molecular complexity index is 706. The number of benzene rings is 2. The van der Waals surface area contributed by atoms with Crippen LogP contribution in [0, 0.1) is 13.8 Å². The third kappa shape index (κ3) is 5.25. The minimum absolute atomic E-state index is 0.000749. The van der Waals surface area contributed by atoms with Crippen LogP contribution in [0.4, 0.5) is 5.69 Å². The van der Waals surface area contributed by atoms with E-state index >= 15 is 0 Å². The maximum atomic E-state index is 12.0. The maximum absolute atomic E-state index is 12.0. The quantitative estimate of drug-likeness (QED) is 0.891. The Morgan fingerprint density at radius 2 is 1.57 bits per heavy atom. The van der Waals surface area contributed by atoms with Crippen LogP contribution in [0.3, 0.4) is 0 Å². The second-order valence-electron chi connectivity index (χ2n) is 5.75. The van der Waals surface area contributed by atoms with Gasteiger partial charge in [0, 0.05) is 19.2 Å². The molecule has 0 bridgehead atoms. The van der Waals surface area contributed by atoms with Gasteiger partial charge in [0.25, 0.3) is 0 Å². The van der Waals surface area contributed by atoms with Crippen LogP contribution in [-0.4, -0.2) is 11.8 Å². The highest BCUT2D eigenvalue weighted by molar-refractivity contribution is 5.88. The lowest BCUT2D eigenvalue weighted by molar-refractivity contribution is -0.120. The Hall–Kier alpha value is -2.62. The smallest absolute Gasteiger partial charge is 0.224 e. The standard InChI is InChI=1S/C19H22N2O2/c1-13-4-5-17(10-14(13)2)11-19(23)20-12-16-6-8-18(9-7-16)21-15(3)22/h4-10H,11-12H2,1-3H3,(H,20,23)(H,21,22). The number of amides is 2. The Morgan fingerprint density at radius 1 is 0.913 bits per heavy atom. The summed E-state index contributed by atoms with van der Waals surface area (Å²) in [6, 6.07) is 13.5. The van der Waals surface area contributed by atoms with Crippen LogP contribution in [0.25, 0.3) is 0 Å². The molecule has 0 radical (unpaired) electrons. The predicted molar refractivity (Wildman–Crippen MR) is 92.2 cm³/mol. The molecule has 4 heteroatoms. The molecule has 2 N–H and O–H groups in total. The van der Waals surface area contributed by atoms with Crippen LogP contribution in [0.2, 0.25) is 0 Å². The minimum Gasteiger partial charge on any atom is -0.352 e. The highest BCUT2D eigenvalue weighted by Crippen LogP contribution is 2.11. The van der Waals surface area contributed by atoms with Gasteiger partial charge >= 0.3 is 0 Å². The number of hydrogen-bond donors (Lipinski definition) is 2. The fourth-order valence-electron chi connectivity index (χ4n) is 2.27. The van der Waals surface area contributed by atoms with E-state index in [1.807, 2.05) is 43.3 Å². The average molecular weight is 310 g/mol. The summed E-state index contributed by atoms with van der Waals surface area (Å²) in [6.07, 6.45) is 0.380. The van der Waals surface area contributed by atoms with Gasteiger partial charge in [0.2, 0.25) is 11.8 Å². The van der Waals surface area contributed by atoms with E-state index in [1.165, 1.54) is 18.1 Å². The van der Waals surface area contributed by atoms with E-state index in [4.69, 9.17) is 0 Å². The van der Waals surface area contributed by atoms with E-state index in [1.54, 1.807) is 0 Å². The zero-order valence-corrected chi connectivity index (χ0v) is 13.8. The van der Waals surface area contributed by atoms with Crippen molar-refractivity contribution in [2.75, 3.05) is 5.32 Å². The second kappa shape index (κ2) is 7.58. The lowest BCUT2D eigenvalue weighted by Gasteiger charge is -2.08. The first-order valence-corrected chi connectivity index (χ1v) is 7.63. The second-order valence-corrected chi connectivity index (χ2v) is 5.75. The van der Waals surface area contributed by atoms with Gasteiger partial charge in [-0.05, 0) is 48.2 Å². The number of anilines is 1. The lowest BCUT2D eigenvalue weighted by Crippen LogP contribution is -2.24. The Balaban J connectivity index is 1.86. The number of carbonyl (C=O) groups excluding carboxylic acids is 2. The topological polar surface area (TPSA) is 58.2 Å². The molecular weight excluding hydrogens is 288 g/mol. The Labute approximate surface area is 136 Å². The summed E-state index contributed by atoms with van der Waals surface area (Å²) >= 11 is 0. The predicted octanol–water partition coefficient (Wildman–Crippen LogP) is 3.12. The van der Waals surface area contributed by atoms with Crippen molar-refractivity contribution in [1.82, 2.24) is 5.32 Å². The molecule has 0 aliphatic heterocycles. The molecule has 120 valence electrons. The van der Waals surface area contributed by atoms with Crippen molar-refractivity contribution < 1.29 is 9.59 Å². The summed E-state index contributed by atoms with van der Waals surface area (Å²) < 4.78 is 0. The average Bonchev–Trinajstić information content (AvgIpc) is 2.50. The van der Waals surface area contributed by atoms with Gasteiger partial charge in [-0.3, -0.25) is 9.59 Å². The molecule has 0 heterocycles. The van der Waals surface area contributed by atoms with Gasteiger partial charge in [0.1, 0.15) is 0 Å². The molecule has 4 nitrogen and oxygen atoms in total. The molecule has 2 aromatic rings. The molecule has 0 aliphatic carbocycles. The van der Waals surface area contributed by atoms with E-state index in [9.17, 15) is 9.59 Å². The molecule has 0 aliphatic rings. The molecule has 2 amide bonds. The Morgan fingerprint density at radius 3 is 2.17 bits per heavy atom. The fraction of sp³-hybridized carbons (Fsp3) is 0.263. The zero-order valence-electron chi connectivity index (χ0n) is 13.8. The summed E-state index contributed by atoms with van der Waals surface area (Å²) in [5.74, 6) is -0.0985. The van der Waals surface area contributed by atoms with E-state index in [-0.39, 0.29) is 11.8 Å². The van der Waals surface area contributed by atoms with Gasteiger partial charge < -0.3 is 10.6 Å². The molecule has 2 rings (SSSR count). The first kappa shape index (κ1) is 16.7. The molecule has 0 fully saturated rings. The van der Waals surface area contributed by atoms with Crippen LogP contribution in [0.5, 0.6) is 0 Å². The molecule has 0 unspecified atom stereocenters. The van der Waals surface area contributed by atoms with Crippen LogP contribution in [0.15, 0.2) is 42.5 Å². The maximum Gasteiger partial charge on any atom is 0.224 e. The molecule has 0 saturated heterocycles. The zero-order chi connectivity index (χ0) is 16.8. The number of rotatable bonds is 5. The number of hydrogen-bond acceptors (Lipinski definition) is 2. The van der Waals surface area contributed by atoms with Gasteiger partial charge in [0.15, 0.2) is 0 Å². The van der Waals surface area contributed by atoms with Gasteiger partial charge in [-0.15, -0.1) is 0 Å². The van der Waals surface area contributed by atoms with Crippen LogP contribution < -0.4 is 10.6 Å². The molecule has 0 spiro atoms. The van der Waals surface area contributed by atoms with Gasteiger partial charge in [0.05, 0.1) is 6.42 Å². The molecule has 0 aromatic heterocycles. The fourth-order valence-corrected chi connectivity index (χ4v) is 2.27. The largest absolute Gasteiger partial charge is 0.352 e. The molecule has 0 atom stereocenters. The van der Waals surface area contributed by atoms with Gasteiger partial charge in [-0.2, -0.15) is 0 Å². The van der Waals surface area contributed by atoms with E-state index in [2.05, 4.69) is 23.6 Å². The summed E-state index contributed by atoms with van der Waals surface area (Å²) in [4.78, 5) is 23.0. The number of carbonyl (C=O) groups is 2. The lowest BCUT2D eigenvalue weighted by atomic mass is 10.0. The third-order valence-electron chi connectivity index (χ3n) is 3.70. The summed E-state index contributed by atoms with van der Waals surface area (Å²) in [5, 5.41) is 5.63. The number of aryl methyl sites for hydroxylation is 2. The van der Waals surface area contributed by atoms with Crippen molar-refractivity contribution in [3.63, 3.8) is 0 Å². The van der Waals surface area contributed by atoms with Crippen molar-refractivity contribution in [2.24, 2.45) is 0 Å². The van der Waals surface area contributed by atoms with Crippen molar-refractivity contribution in [1.29, 1.82) is 0 Å². The van der Waals surface area contributed by atoms with E-state index in [0.29, 0.717) is 13.0 Å². The first-order valence-electron chi connectivity index (χ1n) is 7.63. The molecular formula is C19H22N2O2. The van der Waals surface area contributed by atoms with Crippen LogP contribution >= 0.6 is 0 Å². The molecule has 2 aromatic carbocycles. The summed E-state index contributed by atoms with van der Waals surface area (Å²) in [5.41, 5.74) is 5.19. The van der Waals surface area contributed by atoms with E-state index in [0.717, 1.165) is 16.8 Å². The summed E-state index contributed by atoms with van der Waals surface area (Å²) in [7, 11) is 0. The SMILES string of the molecule is CC(=O)Nc1ccc(CNC(=O)Cc2ccc(C)c(C)c2)cc1. The van der Waals surface area contributed by atoms with Gasteiger partial charge in [-0.25, -0.2) is 0 Å². The van der Waals surface area contributed by atoms with Crippen molar-refractivity contribution in [3.05, 3.63) is 64.7 Å². The first-order chi connectivity index (χ1) is 10.9. The van der Waals surface area contributed by atoms with Crippen LogP contribution in [0.1, 0.15) is 29.2 Å². The summed E-state index contributed by atoms with van der Waals surface area (Å²) in [6.45, 7) is 6.06. The van der Waals surface area contributed by atoms with Crippen molar-refractivity contribution in [2.45, 2.75) is 33.7 Å². The Kier molecular flexibility index (Phi) is 5.52. The monoisotopic (exact) mass is 310 g/mol. The molecule has 23 heavy (non-hydrogen) atoms. The van der Waals surface area contributed by atoms with Crippen molar-refractivity contribution in [3.8, 4) is 0 Å². The normalized spacial score (nSPS) is 10.2. The van der Waals surface area contributed by atoms with Crippen LogP contribution in [-0.2, 0) is 22.6 Å². The number of nitrogens with one attached hydrogen (secondary N) is 2. The van der Waals surface area contributed by atoms with E-state index < -0.39 is 0 Å². The highest BCUT2D eigenvalue weighted by atomic mass is 16.2.